The number of anilines is 1. The highest BCUT2D eigenvalue weighted by molar-refractivity contribution is 7.99. The van der Waals surface area contributed by atoms with Crippen LogP contribution in [0, 0.1) is 0 Å². The monoisotopic (exact) mass is 620 g/mol. The number of hydrogen-bond acceptors (Lipinski definition) is 8. The summed E-state index contributed by atoms with van der Waals surface area (Å²) in [6, 6.07) is 14.2. The van der Waals surface area contributed by atoms with Gasteiger partial charge in [-0.15, -0.1) is 0 Å². The van der Waals surface area contributed by atoms with Crippen LogP contribution in [0.1, 0.15) is 21.5 Å². The molecular weight excluding hydrogens is 597 g/mol. The molecule has 0 unspecified atom stereocenters. The number of carbonyl (C=O) groups is 2. The number of ether oxygens (including phenoxy) is 1. The van der Waals surface area contributed by atoms with Crippen molar-refractivity contribution < 1.29 is 35.9 Å². The van der Waals surface area contributed by atoms with Crippen LogP contribution in [0.25, 0.3) is 10.9 Å². The van der Waals surface area contributed by atoms with Crippen LogP contribution in [0.4, 0.5) is 18.9 Å². The number of aromatic nitrogens is 2. The van der Waals surface area contributed by atoms with Gasteiger partial charge in [0.1, 0.15) is 0 Å². The van der Waals surface area contributed by atoms with Crippen molar-refractivity contribution in [2.45, 2.75) is 29.2 Å². The zero-order chi connectivity index (χ0) is 30.7. The number of hydrogen-bond donors (Lipinski definition) is 2. The van der Waals surface area contributed by atoms with E-state index in [-0.39, 0.29) is 50.9 Å². The molecule has 1 heterocycles. The molecule has 1 amide bonds. The van der Waals surface area contributed by atoms with E-state index in [1.807, 2.05) is 0 Å². The van der Waals surface area contributed by atoms with E-state index >= 15 is 0 Å². The molecule has 4 rings (SSSR count). The maximum Gasteiger partial charge on any atom is 0.416 e. The molecule has 15 heteroatoms. The zero-order valence-corrected chi connectivity index (χ0v) is 23.5. The Bertz CT molecular complexity index is 1820. The lowest BCUT2D eigenvalue weighted by molar-refractivity contribution is -0.137. The second kappa shape index (κ2) is 12.3. The molecule has 0 radical (unpaired) electrons. The molecule has 0 saturated carbocycles. The van der Waals surface area contributed by atoms with Crippen LogP contribution in [0.5, 0.6) is 0 Å². The normalized spacial score (nSPS) is 11.8. The number of sulfonamides is 1. The third kappa shape index (κ3) is 7.35. The molecule has 4 aromatic rings. The molecule has 0 fully saturated rings. The number of nitrogens with two attached hydrogens (primary N) is 1. The first-order valence-corrected chi connectivity index (χ1v) is 14.6. The van der Waals surface area contributed by atoms with Crippen LogP contribution in [0.15, 0.2) is 81.6 Å². The molecule has 0 aliphatic rings. The summed E-state index contributed by atoms with van der Waals surface area (Å²) in [6.45, 7) is 0.0901. The van der Waals surface area contributed by atoms with Crippen LogP contribution < -0.4 is 16.0 Å². The SMILES string of the molecule is COC(=O)c1ccc2c(=O)n(CCc3ccc(S(N)(=O)=O)cc3)c(SCC(=O)Nc3cccc(C(F)(F)F)c3)nc2c1. The number of fused-ring (bicyclic) bond motifs is 1. The second-order valence-corrected chi connectivity index (χ2v) is 11.4. The van der Waals surface area contributed by atoms with E-state index in [2.05, 4.69) is 10.3 Å². The van der Waals surface area contributed by atoms with Crippen molar-refractivity contribution >= 4 is 50.3 Å². The Hall–Kier alpha value is -4.21. The van der Waals surface area contributed by atoms with Gasteiger partial charge in [-0.3, -0.25) is 14.2 Å². The number of halogens is 3. The van der Waals surface area contributed by atoms with E-state index in [0.29, 0.717) is 5.56 Å². The average molecular weight is 621 g/mol. The fourth-order valence-electron chi connectivity index (χ4n) is 3.94. The number of carbonyl (C=O) groups excluding carboxylic acids is 2. The van der Waals surface area contributed by atoms with Crippen molar-refractivity contribution in [3.8, 4) is 0 Å². The number of aryl methyl sites for hydroxylation is 1. The summed E-state index contributed by atoms with van der Waals surface area (Å²) >= 11 is 0.880. The van der Waals surface area contributed by atoms with Crippen molar-refractivity contribution in [1.82, 2.24) is 9.55 Å². The van der Waals surface area contributed by atoms with Gasteiger partial charge in [0.2, 0.25) is 15.9 Å². The minimum atomic E-state index is -4.58. The Kier molecular flexibility index (Phi) is 9.03. The molecule has 3 N–H and O–H groups in total. The van der Waals surface area contributed by atoms with E-state index in [4.69, 9.17) is 9.88 Å². The standard InChI is InChI=1S/C27H23F3N4O6S2/c1-40-25(37)17-7-10-21-22(13-17)33-26(41-15-23(35)32-19-4-2-3-18(14-19)27(28,29)30)34(24(21)36)12-11-16-5-8-20(9-6-16)42(31,38)39/h2-10,13-14H,11-12,15H2,1H3,(H,32,35)(H2,31,38,39). The number of rotatable bonds is 9. The molecule has 10 nitrogen and oxygen atoms in total. The predicted octanol–water partition coefficient (Wildman–Crippen LogP) is 3.82. The predicted molar refractivity (Wildman–Crippen MR) is 150 cm³/mol. The van der Waals surface area contributed by atoms with Crippen molar-refractivity contribution in [2.75, 3.05) is 18.2 Å². The third-order valence-corrected chi connectivity index (χ3v) is 7.93. The molecule has 1 aromatic heterocycles. The quantitative estimate of drug-likeness (QED) is 0.163. The molecule has 220 valence electrons. The summed E-state index contributed by atoms with van der Waals surface area (Å²) in [5.41, 5.74) is -0.409. The van der Waals surface area contributed by atoms with Crippen molar-refractivity contribution in [3.05, 3.63) is 93.8 Å². The summed E-state index contributed by atoms with van der Waals surface area (Å²) < 4.78 is 68.2. The Morgan fingerprint density at radius 2 is 1.79 bits per heavy atom. The number of thioether (sulfide) groups is 1. The highest BCUT2D eigenvalue weighted by Crippen LogP contribution is 2.30. The van der Waals surface area contributed by atoms with Crippen LogP contribution in [-0.2, 0) is 38.7 Å². The average Bonchev–Trinajstić information content (AvgIpc) is 2.94. The molecule has 0 aliphatic heterocycles. The van der Waals surface area contributed by atoms with E-state index in [1.165, 1.54) is 54.1 Å². The minimum Gasteiger partial charge on any atom is -0.465 e. The Morgan fingerprint density at radius 3 is 2.43 bits per heavy atom. The number of primary sulfonamides is 1. The van der Waals surface area contributed by atoms with Gasteiger partial charge in [0.15, 0.2) is 5.16 Å². The molecular formula is C27H23F3N4O6S2. The van der Waals surface area contributed by atoms with Crippen LogP contribution in [-0.4, -0.2) is 42.7 Å². The summed E-state index contributed by atoms with van der Waals surface area (Å²) in [4.78, 5) is 42.5. The third-order valence-electron chi connectivity index (χ3n) is 6.02. The van der Waals surface area contributed by atoms with Gasteiger partial charge in [-0.25, -0.2) is 23.3 Å². The number of nitrogens with zero attached hydrogens (tertiary/aromatic N) is 2. The maximum atomic E-state index is 13.5. The summed E-state index contributed by atoms with van der Waals surface area (Å²) in [5.74, 6) is -1.57. The van der Waals surface area contributed by atoms with Gasteiger partial charge < -0.3 is 10.1 Å². The van der Waals surface area contributed by atoms with E-state index in [9.17, 15) is 36.0 Å². The van der Waals surface area contributed by atoms with Crippen molar-refractivity contribution in [1.29, 1.82) is 0 Å². The maximum absolute atomic E-state index is 13.5. The fraction of sp³-hybridized carbons (Fsp3) is 0.185. The van der Waals surface area contributed by atoms with Gasteiger partial charge >= 0.3 is 12.1 Å². The lowest BCUT2D eigenvalue weighted by atomic mass is 10.1. The highest BCUT2D eigenvalue weighted by Gasteiger charge is 2.30. The van der Waals surface area contributed by atoms with Crippen molar-refractivity contribution in [3.63, 3.8) is 0 Å². The van der Waals surface area contributed by atoms with Crippen LogP contribution >= 0.6 is 11.8 Å². The Labute approximate surface area is 241 Å². The number of amides is 1. The summed E-state index contributed by atoms with van der Waals surface area (Å²) in [5, 5.41) is 7.87. The molecule has 0 spiro atoms. The smallest absolute Gasteiger partial charge is 0.416 e. The molecule has 42 heavy (non-hydrogen) atoms. The highest BCUT2D eigenvalue weighted by atomic mass is 32.2. The number of benzene rings is 3. The lowest BCUT2D eigenvalue weighted by Crippen LogP contribution is -2.25. The van der Waals surface area contributed by atoms with Gasteiger partial charge in [0.05, 0.1) is 39.8 Å². The molecule has 3 aromatic carbocycles. The summed E-state index contributed by atoms with van der Waals surface area (Å²) in [6.07, 6.45) is -4.30. The Balaban J connectivity index is 1.62. The first-order valence-electron chi connectivity index (χ1n) is 12.1. The van der Waals surface area contributed by atoms with E-state index in [0.717, 1.165) is 23.9 Å². The first kappa shape index (κ1) is 30.7. The van der Waals surface area contributed by atoms with Crippen LogP contribution in [0.2, 0.25) is 0 Å². The molecule has 0 bridgehead atoms. The van der Waals surface area contributed by atoms with Crippen LogP contribution in [0.3, 0.4) is 0 Å². The van der Waals surface area contributed by atoms with Gasteiger partial charge in [0.25, 0.3) is 5.56 Å². The topological polar surface area (TPSA) is 150 Å². The largest absolute Gasteiger partial charge is 0.465 e. The molecule has 0 aliphatic carbocycles. The molecule has 0 saturated heterocycles. The first-order chi connectivity index (χ1) is 19.8. The number of methoxy groups -OCH3 is 1. The van der Waals surface area contributed by atoms with Gasteiger partial charge in [-0.1, -0.05) is 30.0 Å². The van der Waals surface area contributed by atoms with Crippen molar-refractivity contribution in [2.24, 2.45) is 5.14 Å². The number of alkyl halides is 3. The fourth-order valence-corrected chi connectivity index (χ4v) is 5.28. The van der Waals surface area contributed by atoms with E-state index < -0.39 is 39.2 Å². The van der Waals surface area contributed by atoms with Gasteiger partial charge in [-0.05, 0) is 60.5 Å². The number of esters is 1. The van der Waals surface area contributed by atoms with Gasteiger partial charge in [-0.2, -0.15) is 13.2 Å². The minimum absolute atomic E-state index is 0.0510. The van der Waals surface area contributed by atoms with Gasteiger partial charge in [0, 0.05) is 12.2 Å². The summed E-state index contributed by atoms with van der Waals surface area (Å²) in [7, 11) is -2.67. The second-order valence-electron chi connectivity index (χ2n) is 8.93. The Morgan fingerprint density at radius 1 is 1.07 bits per heavy atom. The molecule has 0 atom stereocenters. The zero-order valence-electron chi connectivity index (χ0n) is 21.8. The van der Waals surface area contributed by atoms with E-state index in [1.54, 1.807) is 12.1 Å². The number of nitrogens with one attached hydrogen (secondary N) is 1. The lowest BCUT2D eigenvalue weighted by Gasteiger charge is -2.14.